The molecule has 8 aliphatic carbocycles. The molecular formula is C24H37Br. The van der Waals surface area contributed by atoms with Gasteiger partial charge in [-0.25, -0.2) is 0 Å². The molecule has 4 atom stereocenters. The quantitative estimate of drug-likeness (QED) is 0.396. The highest BCUT2D eigenvalue weighted by atomic mass is 79.9. The van der Waals surface area contributed by atoms with E-state index in [0.29, 0.717) is 36.8 Å². The highest BCUT2D eigenvalue weighted by Gasteiger charge is 2.73. The average molecular weight is 405 g/mol. The van der Waals surface area contributed by atoms with Gasteiger partial charge in [0.05, 0.1) is 0 Å². The lowest BCUT2D eigenvalue weighted by atomic mass is 9.28. The lowest BCUT2D eigenvalue weighted by Gasteiger charge is -2.77. The van der Waals surface area contributed by atoms with Gasteiger partial charge in [0.1, 0.15) is 0 Å². The lowest BCUT2D eigenvalue weighted by Crippen LogP contribution is -2.69. The van der Waals surface area contributed by atoms with Crippen LogP contribution in [-0.4, -0.2) is 4.32 Å². The Labute approximate surface area is 163 Å². The number of hydrogen-bond donors (Lipinski definition) is 0. The van der Waals surface area contributed by atoms with Gasteiger partial charge in [-0.15, -0.1) is 0 Å². The summed E-state index contributed by atoms with van der Waals surface area (Å²) in [6.45, 7) is 10.7. The van der Waals surface area contributed by atoms with Crippen molar-refractivity contribution in [3.05, 3.63) is 0 Å². The molecule has 0 aromatic carbocycles. The first-order valence-electron chi connectivity index (χ1n) is 11.1. The SMILES string of the molecule is CC12CC3CC(C)(C1)CC(C14CC5(C)CC(C)(CC(Br)(C5)C1)C4)(C3)C2. The van der Waals surface area contributed by atoms with Crippen LogP contribution in [-0.2, 0) is 0 Å². The fraction of sp³-hybridized carbons (Fsp3) is 1.00. The molecule has 0 heterocycles. The molecule has 0 nitrogen and oxygen atoms in total. The van der Waals surface area contributed by atoms with Crippen LogP contribution in [0.5, 0.6) is 0 Å². The van der Waals surface area contributed by atoms with Crippen LogP contribution in [0, 0.1) is 38.4 Å². The van der Waals surface area contributed by atoms with Crippen LogP contribution < -0.4 is 0 Å². The van der Waals surface area contributed by atoms with Gasteiger partial charge < -0.3 is 0 Å². The van der Waals surface area contributed by atoms with E-state index in [-0.39, 0.29) is 0 Å². The van der Waals surface area contributed by atoms with E-state index >= 15 is 0 Å². The Morgan fingerprint density at radius 3 is 1.48 bits per heavy atom. The van der Waals surface area contributed by atoms with E-state index in [9.17, 15) is 0 Å². The zero-order valence-electron chi connectivity index (χ0n) is 16.9. The Bertz CT molecular complexity index is 589. The third-order valence-corrected chi connectivity index (χ3v) is 11.1. The normalized spacial score (nSPS) is 70.2. The third-order valence-electron chi connectivity index (χ3n) is 10.3. The molecule has 140 valence electrons. The van der Waals surface area contributed by atoms with Crippen LogP contribution in [0.1, 0.15) is 105 Å². The van der Waals surface area contributed by atoms with Gasteiger partial charge in [0.25, 0.3) is 0 Å². The number of halogens is 1. The van der Waals surface area contributed by atoms with Crippen molar-refractivity contribution < 1.29 is 0 Å². The minimum Gasteiger partial charge on any atom is -0.0853 e. The Morgan fingerprint density at radius 1 is 0.520 bits per heavy atom. The van der Waals surface area contributed by atoms with Crippen molar-refractivity contribution in [3.63, 3.8) is 0 Å². The number of hydrogen-bond acceptors (Lipinski definition) is 0. The van der Waals surface area contributed by atoms with Crippen molar-refractivity contribution in [1.82, 2.24) is 0 Å². The van der Waals surface area contributed by atoms with E-state index in [1.54, 1.807) is 44.9 Å². The summed E-state index contributed by atoms with van der Waals surface area (Å²) in [4.78, 5) is 0. The molecule has 0 radical (unpaired) electrons. The molecule has 8 bridgehead atoms. The fourth-order valence-electron chi connectivity index (χ4n) is 12.2. The zero-order valence-corrected chi connectivity index (χ0v) is 18.5. The van der Waals surface area contributed by atoms with Crippen molar-refractivity contribution in [1.29, 1.82) is 0 Å². The van der Waals surface area contributed by atoms with Crippen molar-refractivity contribution in [3.8, 4) is 0 Å². The van der Waals surface area contributed by atoms with Crippen molar-refractivity contribution >= 4 is 15.9 Å². The summed E-state index contributed by atoms with van der Waals surface area (Å²) in [5, 5.41) is 0. The summed E-state index contributed by atoms with van der Waals surface area (Å²) in [7, 11) is 0. The number of rotatable bonds is 1. The lowest BCUT2D eigenvalue weighted by molar-refractivity contribution is -0.258. The maximum atomic E-state index is 4.37. The topological polar surface area (TPSA) is 0 Å². The van der Waals surface area contributed by atoms with Crippen LogP contribution in [0.4, 0.5) is 0 Å². The van der Waals surface area contributed by atoms with E-state index in [1.807, 2.05) is 0 Å². The minimum atomic E-state index is 0.469. The molecule has 8 rings (SSSR count). The second-order valence-corrected chi connectivity index (χ2v) is 15.7. The maximum Gasteiger partial charge on any atom is 0.0273 e. The second kappa shape index (κ2) is 4.08. The average Bonchev–Trinajstić information content (AvgIpc) is 2.26. The summed E-state index contributed by atoms with van der Waals surface area (Å²) in [6.07, 6.45) is 18.4. The van der Waals surface area contributed by atoms with Gasteiger partial charge in [-0.2, -0.15) is 0 Å². The molecule has 8 saturated carbocycles. The fourth-order valence-corrected chi connectivity index (χ4v) is 14.0. The second-order valence-electron chi connectivity index (χ2n) is 14.0. The van der Waals surface area contributed by atoms with Crippen LogP contribution in [0.2, 0.25) is 0 Å². The monoisotopic (exact) mass is 404 g/mol. The zero-order chi connectivity index (χ0) is 17.6. The van der Waals surface area contributed by atoms with E-state index in [1.165, 1.54) is 32.1 Å². The molecule has 1 heteroatoms. The highest BCUT2D eigenvalue weighted by Crippen LogP contribution is 2.83. The first-order chi connectivity index (χ1) is 11.4. The first kappa shape index (κ1) is 16.4. The standard InChI is InChI=1S/C24H37Br/c1-18-5-17-6-19(2,8-18)11-22(7-17,10-18)23-12-20(3)9-21(4,13-23)15-24(25,14-20)16-23/h17H,5-16H2,1-4H3. The first-order valence-corrected chi connectivity index (χ1v) is 11.9. The Morgan fingerprint density at radius 2 is 1.00 bits per heavy atom. The predicted octanol–water partition coefficient (Wildman–Crippen LogP) is 7.50. The Hall–Kier alpha value is 0.480. The molecule has 4 unspecified atom stereocenters. The van der Waals surface area contributed by atoms with Gasteiger partial charge in [0, 0.05) is 4.32 Å². The van der Waals surface area contributed by atoms with Gasteiger partial charge in [0.2, 0.25) is 0 Å². The molecule has 25 heavy (non-hydrogen) atoms. The van der Waals surface area contributed by atoms with E-state index in [0.717, 1.165) is 5.92 Å². The summed E-state index contributed by atoms with van der Waals surface area (Å²) < 4.78 is 0.469. The minimum absolute atomic E-state index is 0.469. The molecule has 8 fully saturated rings. The van der Waals surface area contributed by atoms with Crippen molar-refractivity contribution in [2.45, 2.75) is 109 Å². The Balaban J connectivity index is 1.51. The van der Waals surface area contributed by atoms with E-state index < -0.39 is 0 Å². The highest BCUT2D eigenvalue weighted by molar-refractivity contribution is 9.10. The van der Waals surface area contributed by atoms with Crippen LogP contribution in [0.25, 0.3) is 0 Å². The van der Waals surface area contributed by atoms with Gasteiger partial charge in [-0.1, -0.05) is 43.6 Å². The van der Waals surface area contributed by atoms with E-state index in [4.69, 9.17) is 0 Å². The molecule has 0 aromatic heterocycles. The van der Waals surface area contributed by atoms with E-state index in [2.05, 4.69) is 43.6 Å². The largest absolute Gasteiger partial charge is 0.0853 e. The summed E-state index contributed by atoms with van der Waals surface area (Å²) in [5.74, 6) is 1.05. The van der Waals surface area contributed by atoms with Crippen LogP contribution >= 0.6 is 15.9 Å². The van der Waals surface area contributed by atoms with Crippen molar-refractivity contribution in [2.24, 2.45) is 38.4 Å². The maximum absolute atomic E-state index is 4.37. The molecule has 0 N–H and O–H groups in total. The van der Waals surface area contributed by atoms with Gasteiger partial charge in [-0.3, -0.25) is 0 Å². The molecule has 8 aliphatic rings. The van der Waals surface area contributed by atoms with Crippen molar-refractivity contribution in [2.75, 3.05) is 0 Å². The molecule has 0 aliphatic heterocycles. The third kappa shape index (κ3) is 2.01. The van der Waals surface area contributed by atoms with Crippen LogP contribution in [0.3, 0.4) is 0 Å². The number of alkyl halides is 1. The molecule has 0 spiro atoms. The summed E-state index contributed by atoms with van der Waals surface area (Å²) in [6, 6.07) is 0. The molecule has 0 amide bonds. The van der Waals surface area contributed by atoms with Gasteiger partial charge in [0.15, 0.2) is 0 Å². The smallest absolute Gasteiger partial charge is 0.0273 e. The Kier molecular flexibility index (Phi) is 2.69. The molecular weight excluding hydrogens is 368 g/mol. The predicted molar refractivity (Wildman–Crippen MR) is 108 cm³/mol. The molecule has 0 saturated heterocycles. The molecule has 0 aromatic rings. The van der Waals surface area contributed by atoms with Crippen LogP contribution in [0.15, 0.2) is 0 Å². The summed E-state index contributed by atoms with van der Waals surface area (Å²) >= 11 is 4.37. The summed E-state index contributed by atoms with van der Waals surface area (Å²) in [5.41, 5.74) is 3.88. The van der Waals surface area contributed by atoms with Gasteiger partial charge in [-0.05, 0) is 115 Å². The van der Waals surface area contributed by atoms with Gasteiger partial charge >= 0.3 is 0 Å².